The number of halogens is 1. The molecule has 0 saturated carbocycles. The molecule has 0 fully saturated rings. The van der Waals surface area contributed by atoms with Crippen molar-refractivity contribution in [3.05, 3.63) is 64.2 Å². The summed E-state index contributed by atoms with van der Waals surface area (Å²) in [7, 11) is 0. The Morgan fingerprint density at radius 1 is 0.909 bits per heavy atom. The highest BCUT2D eigenvalue weighted by atomic mass is 35.5. The fraction of sp³-hybridized carbons (Fsp3) is 0. The Kier molecular flexibility index (Phi) is 4.43. The average Bonchev–Trinajstić information content (AvgIpc) is 2.47. The van der Waals surface area contributed by atoms with E-state index >= 15 is 0 Å². The second kappa shape index (κ2) is 6.28. The minimum absolute atomic E-state index is 0.0224. The van der Waals surface area contributed by atoms with Crippen molar-refractivity contribution in [3.63, 3.8) is 0 Å². The normalized spacial score (nSPS) is 10.0. The molecule has 1 amide bonds. The third-order valence-corrected chi connectivity index (χ3v) is 3.11. The lowest BCUT2D eigenvalue weighted by atomic mass is 10.1. The molecular formula is C15H8ClNO5-2. The molecule has 0 bridgehead atoms. The maximum absolute atomic E-state index is 12.1. The van der Waals surface area contributed by atoms with Gasteiger partial charge in [-0.2, -0.15) is 0 Å². The number of hydrogen-bond acceptors (Lipinski definition) is 5. The van der Waals surface area contributed by atoms with Crippen LogP contribution in [0.2, 0.25) is 5.02 Å². The summed E-state index contributed by atoms with van der Waals surface area (Å²) in [4.78, 5) is 33.8. The van der Waals surface area contributed by atoms with Crippen molar-refractivity contribution in [1.29, 1.82) is 0 Å². The van der Waals surface area contributed by atoms with Crippen LogP contribution in [0.5, 0.6) is 0 Å². The van der Waals surface area contributed by atoms with E-state index in [0.29, 0.717) is 0 Å². The van der Waals surface area contributed by atoms with Gasteiger partial charge in [-0.1, -0.05) is 23.7 Å². The summed E-state index contributed by atoms with van der Waals surface area (Å²) in [5, 5.41) is 24.3. The quantitative estimate of drug-likeness (QED) is 0.873. The zero-order valence-electron chi connectivity index (χ0n) is 11.0. The van der Waals surface area contributed by atoms with Gasteiger partial charge in [-0.25, -0.2) is 0 Å². The number of carboxylic acid groups (broad SMARTS) is 2. The standard InChI is InChI=1S/C15H10ClNO5/c16-12-4-2-1-3-11(12)13(18)17-10-6-8(14(19)20)5-9(7-10)15(21)22/h1-7H,(H,17,18)(H,19,20)(H,21,22)/p-2. The van der Waals surface area contributed by atoms with Crippen molar-refractivity contribution in [1.82, 2.24) is 0 Å². The SMILES string of the molecule is O=C([O-])c1cc(NC(=O)c2ccccc2Cl)cc(C(=O)[O-])c1. The third kappa shape index (κ3) is 3.42. The predicted octanol–water partition coefficient (Wildman–Crippen LogP) is 0.319. The smallest absolute Gasteiger partial charge is 0.257 e. The molecule has 0 radical (unpaired) electrons. The first kappa shape index (κ1) is 15.5. The van der Waals surface area contributed by atoms with Crippen LogP contribution in [0.15, 0.2) is 42.5 Å². The molecule has 2 rings (SSSR count). The molecule has 6 nitrogen and oxygen atoms in total. The monoisotopic (exact) mass is 317 g/mol. The molecule has 0 unspecified atom stereocenters. The van der Waals surface area contributed by atoms with Gasteiger partial charge in [0.05, 0.1) is 22.5 Å². The second-order valence-electron chi connectivity index (χ2n) is 4.31. The van der Waals surface area contributed by atoms with Crippen LogP contribution in [-0.2, 0) is 0 Å². The van der Waals surface area contributed by atoms with Crippen molar-refractivity contribution in [2.75, 3.05) is 5.32 Å². The zero-order chi connectivity index (χ0) is 16.3. The first-order valence-corrected chi connectivity index (χ1v) is 6.40. The molecule has 0 aromatic heterocycles. The Hall–Kier alpha value is -2.86. The minimum Gasteiger partial charge on any atom is -0.545 e. The molecule has 0 heterocycles. The topological polar surface area (TPSA) is 109 Å². The van der Waals surface area contributed by atoms with E-state index in [1.807, 2.05) is 0 Å². The van der Waals surface area contributed by atoms with Gasteiger partial charge in [0.1, 0.15) is 0 Å². The van der Waals surface area contributed by atoms with Crippen LogP contribution in [0, 0.1) is 0 Å². The third-order valence-electron chi connectivity index (χ3n) is 2.78. The van der Waals surface area contributed by atoms with Gasteiger partial charge in [-0.05, 0) is 41.5 Å². The Morgan fingerprint density at radius 3 is 1.95 bits per heavy atom. The lowest BCUT2D eigenvalue weighted by Crippen LogP contribution is -2.26. The van der Waals surface area contributed by atoms with Gasteiger partial charge in [0, 0.05) is 5.69 Å². The molecule has 2 aromatic carbocycles. The molecule has 0 aliphatic rings. The summed E-state index contributed by atoms with van der Waals surface area (Å²) in [6, 6.07) is 9.28. The fourth-order valence-electron chi connectivity index (χ4n) is 1.78. The van der Waals surface area contributed by atoms with E-state index in [4.69, 9.17) is 11.6 Å². The van der Waals surface area contributed by atoms with Crippen LogP contribution in [0.1, 0.15) is 31.1 Å². The number of rotatable bonds is 4. The van der Waals surface area contributed by atoms with Gasteiger partial charge in [-0.15, -0.1) is 0 Å². The van der Waals surface area contributed by atoms with Crippen LogP contribution in [-0.4, -0.2) is 17.8 Å². The molecule has 0 atom stereocenters. The first-order chi connectivity index (χ1) is 10.4. The molecular weight excluding hydrogens is 310 g/mol. The maximum atomic E-state index is 12.1. The number of nitrogens with one attached hydrogen (secondary N) is 1. The lowest BCUT2D eigenvalue weighted by molar-refractivity contribution is -0.255. The molecule has 0 aliphatic heterocycles. The molecule has 0 spiro atoms. The van der Waals surface area contributed by atoms with Crippen molar-refractivity contribution < 1.29 is 24.6 Å². The first-order valence-electron chi connectivity index (χ1n) is 6.02. The largest absolute Gasteiger partial charge is 0.545 e. The summed E-state index contributed by atoms with van der Waals surface area (Å²) in [6.07, 6.45) is 0. The van der Waals surface area contributed by atoms with E-state index in [2.05, 4.69) is 5.32 Å². The van der Waals surface area contributed by atoms with Gasteiger partial charge < -0.3 is 25.1 Å². The summed E-state index contributed by atoms with van der Waals surface area (Å²) in [6.45, 7) is 0. The Labute approximate surface area is 130 Å². The van der Waals surface area contributed by atoms with E-state index in [-0.39, 0.29) is 16.3 Å². The molecule has 22 heavy (non-hydrogen) atoms. The van der Waals surface area contributed by atoms with Crippen LogP contribution in [0.3, 0.4) is 0 Å². The Balaban J connectivity index is 2.37. The van der Waals surface area contributed by atoms with Crippen LogP contribution in [0.4, 0.5) is 5.69 Å². The zero-order valence-corrected chi connectivity index (χ0v) is 11.7. The van der Waals surface area contributed by atoms with E-state index in [1.54, 1.807) is 12.1 Å². The van der Waals surface area contributed by atoms with Gasteiger partial charge in [-0.3, -0.25) is 4.79 Å². The highest BCUT2D eigenvalue weighted by Gasteiger charge is 2.11. The van der Waals surface area contributed by atoms with Gasteiger partial charge in [0.2, 0.25) is 0 Å². The highest BCUT2D eigenvalue weighted by molar-refractivity contribution is 6.34. The van der Waals surface area contributed by atoms with E-state index in [9.17, 15) is 24.6 Å². The van der Waals surface area contributed by atoms with Crippen LogP contribution >= 0.6 is 11.6 Å². The summed E-state index contributed by atoms with van der Waals surface area (Å²) >= 11 is 5.88. The number of benzene rings is 2. The highest BCUT2D eigenvalue weighted by Crippen LogP contribution is 2.19. The molecule has 7 heteroatoms. The molecule has 112 valence electrons. The summed E-state index contributed by atoms with van der Waals surface area (Å²) in [5.74, 6) is -3.75. The summed E-state index contributed by atoms with van der Waals surface area (Å²) < 4.78 is 0. The van der Waals surface area contributed by atoms with E-state index < -0.39 is 29.0 Å². The number of carboxylic acids is 2. The van der Waals surface area contributed by atoms with Gasteiger partial charge in [0.25, 0.3) is 5.91 Å². The number of hydrogen-bond donors (Lipinski definition) is 1. The Morgan fingerprint density at radius 2 is 1.45 bits per heavy atom. The number of carbonyl (C=O) groups is 3. The maximum Gasteiger partial charge on any atom is 0.257 e. The average molecular weight is 318 g/mol. The molecule has 2 aromatic rings. The van der Waals surface area contributed by atoms with E-state index in [1.165, 1.54) is 12.1 Å². The van der Waals surface area contributed by atoms with Crippen LogP contribution < -0.4 is 15.5 Å². The molecule has 0 aliphatic carbocycles. The number of carbonyl (C=O) groups excluding carboxylic acids is 3. The van der Waals surface area contributed by atoms with Crippen molar-refractivity contribution in [2.24, 2.45) is 0 Å². The lowest BCUT2D eigenvalue weighted by Gasteiger charge is -2.12. The van der Waals surface area contributed by atoms with Crippen molar-refractivity contribution in [3.8, 4) is 0 Å². The number of aromatic carboxylic acids is 2. The fourth-order valence-corrected chi connectivity index (χ4v) is 2.00. The van der Waals surface area contributed by atoms with Crippen molar-refractivity contribution in [2.45, 2.75) is 0 Å². The minimum atomic E-state index is -1.57. The second-order valence-corrected chi connectivity index (χ2v) is 4.72. The van der Waals surface area contributed by atoms with E-state index in [0.717, 1.165) is 18.2 Å². The van der Waals surface area contributed by atoms with Gasteiger partial charge in [0.15, 0.2) is 0 Å². The molecule has 1 N–H and O–H groups in total. The Bertz CT molecular complexity index is 740. The van der Waals surface area contributed by atoms with Gasteiger partial charge >= 0.3 is 0 Å². The van der Waals surface area contributed by atoms with Crippen LogP contribution in [0.25, 0.3) is 0 Å². The summed E-state index contributed by atoms with van der Waals surface area (Å²) in [5.41, 5.74) is -0.642. The number of amides is 1. The van der Waals surface area contributed by atoms with Crippen molar-refractivity contribution >= 4 is 35.1 Å². The molecule has 0 saturated heterocycles. The number of anilines is 1. The predicted molar refractivity (Wildman–Crippen MR) is 74.5 cm³/mol.